The highest BCUT2D eigenvalue weighted by Crippen LogP contribution is 2.37. The van der Waals surface area contributed by atoms with Gasteiger partial charge < -0.3 is 4.74 Å². The Morgan fingerprint density at radius 3 is 2.50 bits per heavy atom. The third-order valence-corrected chi connectivity index (χ3v) is 3.83. The molecule has 0 aliphatic rings. The highest BCUT2D eigenvalue weighted by atomic mass is 35.5. The van der Waals surface area contributed by atoms with Gasteiger partial charge in [0.2, 0.25) is 0 Å². The number of rotatable bonds is 5. The number of aromatic nitrogens is 3. The van der Waals surface area contributed by atoms with Gasteiger partial charge in [-0.05, 0) is 6.07 Å². The second-order valence-corrected chi connectivity index (χ2v) is 6.52. The van der Waals surface area contributed by atoms with Crippen molar-refractivity contribution in [2.45, 2.75) is 32.9 Å². The van der Waals surface area contributed by atoms with Crippen molar-refractivity contribution in [1.29, 1.82) is 0 Å². The summed E-state index contributed by atoms with van der Waals surface area (Å²) in [4.78, 5) is 16.9. The molecule has 1 aromatic carbocycles. The van der Waals surface area contributed by atoms with Gasteiger partial charge in [0.15, 0.2) is 5.78 Å². The van der Waals surface area contributed by atoms with Gasteiger partial charge >= 0.3 is 0 Å². The standard InChI is InChI=1S/C16H20ClN3O2/c1-16(2,3)15(21)13(20-10-18-9-19-20)14(22-4)11-7-5-6-8-12(11)17/h5-10,13-14H,1-4H3. The number of hydrogen-bond acceptors (Lipinski definition) is 4. The number of methoxy groups -OCH3 is 1. The molecule has 1 heterocycles. The van der Waals surface area contributed by atoms with Gasteiger partial charge in [0, 0.05) is 23.1 Å². The molecule has 0 fully saturated rings. The third kappa shape index (κ3) is 3.36. The van der Waals surface area contributed by atoms with Crippen LogP contribution in [0, 0.1) is 5.41 Å². The van der Waals surface area contributed by atoms with Crippen molar-refractivity contribution in [1.82, 2.24) is 14.8 Å². The first-order valence-corrected chi connectivity index (χ1v) is 7.39. The molecule has 2 aromatic rings. The quantitative estimate of drug-likeness (QED) is 0.846. The maximum Gasteiger partial charge on any atom is 0.165 e. The fourth-order valence-corrected chi connectivity index (χ4v) is 2.58. The largest absolute Gasteiger partial charge is 0.374 e. The second kappa shape index (κ2) is 6.58. The van der Waals surface area contributed by atoms with Gasteiger partial charge in [0.1, 0.15) is 24.8 Å². The van der Waals surface area contributed by atoms with E-state index in [0.29, 0.717) is 5.02 Å². The van der Waals surface area contributed by atoms with Crippen molar-refractivity contribution in [2.75, 3.05) is 7.11 Å². The number of ether oxygens (including phenoxy) is 1. The van der Waals surface area contributed by atoms with Crippen molar-refractivity contribution in [3.05, 3.63) is 47.5 Å². The fourth-order valence-electron chi connectivity index (χ4n) is 2.33. The van der Waals surface area contributed by atoms with Crippen LogP contribution in [0.3, 0.4) is 0 Å². The first kappa shape index (κ1) is 16.6. The lowest BCUT2D eigenvalue weighted by atomic mass is 9.83. The monoisotopic (exact) mass is 321 g/mol. The molecule has 0 aliphatic heterocycles. The van der Waals surface area contributed by atoms with E-state index in [4.69, 9.17) is 16.3 Å². The van der Waals surface area contributed by atoms with Crippen LogP contribution in [-0.4, -0.2) is 27.7 Å². The first-order chi connectivity index (χ1) is 10.4. The number of hydrogen-bond donors (Lipinski definition) is 0. The Labute approximate surface area is 135 Å². The predicted molar refractivity (Wildman–Crippen MR) is 84.7 cm³/mol. The highest BCUT2D eigenvalue weighted by Gasteiger charge is 2.38. The average Bonchev–Trinajstić information content (AvgIpc) is 2.98. The topological polar surface area (TPSA) is 57.0 Å². The van der Waals surface area contributed by atoms with Crippen LogP contribution in [0.1, 0.15) is 38.5 Å². The Hall–Kier alpha value is -1.72. The molecule has 22 heavy (non-hydrogen) atoms. The molecular weight excluding hydrogens is 302 g/mol. The maximum atomic E-state index is 12.9. The zero-order valence-corrected chi connectivity index (χ0v) is 13.9. The SMILES string of the molecule is COC(c1ccccc1Cl)C(C(=O)C(C)(C)C)n1cncn1. The number of ketones is 1. The Balaban J connectivity index is 2.52. The van der Waals surface area contributed by atoms with Crippen LogP contribution in [-0.2, 0) is 9.53 Å². The van der Waals surface area contributed by atoms with Gasteiger partial charge in [-0.1, -0.05) is 50.6 Å². The van der Waals surface area contributed by atoms with Crippen LogP contribution < -0.4 is 0 Å². The Morgan fingerprint density at radius 2 is 2.00 bits per heavy atom. The summed E-state index contributed by atoms with van der Waals surface area (Å²) in [5, 5.41) is 4.69. The molecule has 0 spiro atoms. The van der Waals surface area contributed by atoms with Gasteiger partial charge in [-0.2, -0.15) is 5.10 Å². The molecule has 2 rings (SSSR count). The van der Waals surface area contributed by atoms with E-state index in [1.165, 1.54) is 17.3 Å². The van der Waals surface area contributed by atoms with E-state index in [2.05, 4.69) is 10.1 Å². The minimum atomic E-state index is -0.632. The third-order valence-electron chi connectivity index (χ3n) is 3.48. The molecule has 118 valence electrons. The van der Waals surface area contributed by atoms with Crippen molar-refractivity contribution in [3.63, 3.8) is 0 Å². The highest BCUT2D eigenvalue weighted by molar-refractivity contribution is 6.31. The molecule has 6 heteroatoms. The summed E-state index contributed by atoms with van der Waals surface area (Å²) in [6.45, 7) is 5.62. The summed E-state index contributed by atoms with van der Waals surface area (Å²) in [7, 11) is 1.56. The normalized spacial score (nSPS) is 14.6. The van der Waals surface area contributed by atoms with E-state index in [0.717, 1.165) is 5.56 Å². The lowest BCUT2D eigenvalue weighted by Gasteiger charge is -2.30. The Morgan fingerprint density at radius 1 is 1.32 bits per heavy atom. The van der Waals surface area contributed by atoms with Crippen LogP contribution in [0.5, 0.6) is 0 Å². The van der Waals surface area contributed by atoms with Crippen LogP contribution in [0.2, 0.25) is 5.02 Å². The number of nitrogens with zero attached hydrogens (tertiary/aromatic N) is 3. The zero-order chi connectivity index (χ0) is 16.3. The van der Waals surface area contributed by atoms with Gasteiger partial charge in [0.25, 0.3) is 0 Å². The molecule has 0 amide bonds. The first-order valence-electron chi connectivity index (χ1n) is 7.02. The van der Waals surface area contributed by atoms with Crippen molar-refractivity contribution < 1.29 is 9.53 Å². The molecule has 1 aromatic heterocycles. The molecule has 2 unspecified atom stereocenters. The van der Waals surface area contributed by atoms with E-state index in [-0.39, 0.29) is 5.78 Å². The summed E-state index contributed by atoms with van der Waals surface area (Å²) in [5.41, 5.74) is 0.207. The molecule has 0 N–H and O–H groups in total. The smallest absolute Gasteiger partial charge is 0.165 e. The molecule has 5 nitrogen and oxygen atoms in total. The van der Waals surface area contributed by atoms with Crippen molar-refractivity contribution in [3.8, 4) is 0 Å². The minimum absolute atomic E-state index is 0.00442. The van der Waals surface area contributed by atoms with E-state index >= 15 is 0 Å². The van der Waals surface area contributed by atoms with Gasteiger partial charge in [-0.15, -0.1) is 0 Å². The summed E-state index contributed by atoms with van der Waals surface area (Å²) >= 11 is 6.29. The van der Waals surface area contributed by atoms with Crippen LogP contribution in [0.25, 0.3) is 0 Å². The van der Waals surface area contributed by atoms with Crippen LogP contribution in [0.15, 0.2) is 36.9 Å². The van der Waals surface area contributed by atoms with E-state index in [1.54, 1.807) is 13.2 Å². The number of carbonyl (C=O) groups excluding carboxylic acids is 1. The lowest BCUT2D eigenvalue weighted by molar-refractivity contribution is -0.134. The predicted octanol–water partition coefficient (Wildman–Crippen LogP) is 3.48. The maximum absolute atomic E-state index is 12.9. The zero-order valence-electron chi connectivity index (χ0n) is 13.2. The van der Waals surface area contributed by atoms with Crippen molar-refractivity contribution >= 4 is 17.4 Å². The molecule has 0 bridgehead atoms. The van der Waals surface area contributed by atoms with Gasteiger partial charge in [-0.25, -0.2) is 9.67 Å². The lowest BCUT2D eigenvalue weighted by Crippen LogP contribution is -2.35. The molecule has 0 saturated carbocycles. The number of benzene rings is 1. The number of halogens is 1. The Bertz CT molecular complexity index is 635. The fraction of sp³-hybridized carbons (Fsp3) is 0.438. The molecule has 0 radical (unpaired) electrons. The summed E-state index contributed by atoms with van der Waals surface area (Å²) in [5.74, 6) is 0.00442. The van der Waals surface area contributed by atoms with Crippen LogP contribution >= 0.6 is 11.6 Å². The second-order valence-electron chi connectivity index (χ2n) is 6.11. The van der Waals surface area contributed by atoms with E-state index < -0.39 is 17.6 Å². The van der Waals surface area contributed by atoms with Gasteiger partial charge in [0.05, 0.1) is 0 Å². The summed E-state index contributed by atoms with van der Waals surface area (Å²) < 4.78 is 7.16. The van der Waals surface area contributed by atoms with Crippen LogP contribution in [0.4, 0.5) is 0 Å². The molecule has 0 aliphatic carbocycles. The van der Waals surface area contributed by atoms with E-state index in [9.17, 15) is 4.79 Å². The summed E-state index contributed by atoms with van der Waals surface area (Å²) in [6.07, 6.45) is 2.39. The number of Topliss-reactive ketones (excluding diaryl/α,β-unsaturated/α-hetero) is 1. The Kier molecular flexibility index (Phi) is 4.98. The molecule has 0 saturated heterocycles. The minimum Gasteiger partial charge on any atom is -0.374 e. The molecular formula is C16H20ClN3O2. The number of carbonyl (C=O) groups is 1. The van der Waals surface area contributed by atoms with Crippen molar-refractivity contribution in [2.24, 2.45) is 5.41 Å². The van der Waals surface area contributed by atoms with Gasteiger partial charge in [-0.3, -0.25) is 4.79 Å². The molecule has 2 atom stereocenters. The average molecular weight is 322 g/mol. The van der Waals surface area contributed by atoms with E-state index in [1.807, 2.05) is 39.0 Å². The summed E-state index contributed by atoms with van der Waals surface area (Å²) in [6, 6.07) is 6.72.